The van der Waals surface area contributed by atoms with Crippen molar-refractivity contribution in [1.29, 1.82) is 0 Å². The summed E-state index contributed by atoms with van der Waals surface area (Å²) in [5.74, 6) is 0.337. The Hall–Kier alpha value is -3.99. The Balaban J connectivity index is 1.48. The molecule has 2 aromatic carbocycles. The molecule has 5 heteroatoms. The monoisotopic (exact) mass is 406 g/mol. The summed E-state index contributed by atoms with van der Waals surface area (Å²) in [6.45, 7) is 4.31. The van der Waals surface area contributed by atoms with Crippen molar-refractivity contribution in [2.75, 3.05) is 5.32 Å². The van der Waals surface area contributed by atoms with Crippen LogP contribution < -0.4 is 5.32 Å². The van der Waals surface area contributed by atoms with Crippen LogP contribution in [0.25, 0.3) is 34.7 Å². The van der Waals surface area contributed by atoms with Crippen LogP contribution in [-0.2, 0) is 4.79 Å². The summed E-state index contributed by atoms with van der Waals surface area (Å²) in [7, 11) is 0. The average Bonchev–Trinajstić information content (AvgIpc) is 3.32. The average molecular weight is 406 g/mol. The summed E-state index contributed by atoms with van der Waals surface area (Å²) in [5.41, 5.74) is 7.56. The summed E-state index contributed by atoms with van der Waals surface area (Å²) >= 11 is 0. The minimum atomic E-state index is -0.0680. The number of hydrogen-bond donors (Lipinski definition) is 2. The number of rotatable bonds is 4. The standard InChI is InChI=1S/C26H22N4O/c1-16(2)19-5-8-23-21(15-19)22(26(31)28-23)13-18-3-6-20-24(29-30-25(20)14-18)7-4-17-9-11-27-12-10-17/h3-16H,1-2H3,(H,28,31)(H,29,30)/b7-4+,22-13+. The fourth-order valence-electron chi connectivity index (χ4n) is 3.80. The Morgan fingerprint density at radius 2 is 1.77 bits per heavy atom. The van der Waals surface area contributed by atoms with Gasteiger partial charge in [0.2, 0.25) is 0 Å². The van der Waals surface area contributed by atoms with E-state index in [0.717, 1.165) is 39.0 Å². The van der Waals surface area contributed by atoms with Crippen molar-refractivity contribution in [2.45, 2.75) is 19.8 Å². The number of hydrogen-bond acceptors (Lipinski definition) is 3. The maximum atomic E-state index is 12.6. The number of fused-ring (bicyclic) bond motifs is 2. The molecule has 0 spiro atoms. The van der Waals surface area contributed by atoms with Crippen molar-refractivity contribution in [1.82, 2.24) is 15.2 Å². The molecule has 152 valence electrons. The number of carbonyl (C=O) groups is 1. The van der Waals surface area contributed by atoms with Gasteiger partial charge in [-0.05, 0) is 71.2 Å². The first-order valence-electron chi connectivity index (χ1n) is 10.3. The van der Waals surface area contributed by atoms with Crippen LogP contribution in [0.5, 0.6) is 0 Å². The molecule has 0 bridgehead atoms. The first-order chi connectivity index (χ1) is 15.1. The molecule has 0 atom stereocenters. The third-order valence-corrected chi connectivity index (χ3v) is 5.56. The van der Waals surface area contributed by atoms with E-state index in [0.29, 0.717) is 11.5 Å². The van der Waals surface area contributed by atoms with Gasteiger partial charge in [-0.25, -0.2) is 0 Å². The number of pyridine rings is 1. The number of carbonyl (C=O) groups excluding carboxylic acids is 1. The fraction of sp³-hybridized carbons (Fsp3) is 0.115. The van der Waals surface area contributed by atoms with E-state index in [2.05, 4.69) is 46.5 Å². The first kappa shape index (κ1) is 19.0. The van der Waals surface area contributed by atoms with Gasteiger partial charge in [0.25, 0.3) is 5.91 Å². The second-order valence-electron chi connectivity index (χ2n) is 8.00. The molecule has 2 aromatic heterocycles. The number of anilines is 1. The van der Waals surface area contributed by atoms with E-state index in [1.165, 1.54) is 5.56 Å². The van der Waals surface area contributed by atoms with E-state index < -0.39 is 0 Å². The van der Waals surface area contributed by atoms with Crippen LogP contribution in [0.15, 0.2) is 60.9 Å². The van der Waals surface area contributed by atoms with Gasteiger partial charge in [-0.3, -0.25) is 14.9 Å². The second kappa shape index (κ2) is 7.69. The highest BCUT2D eigenvalue weighted by molar-refractivity contribution is 6.35. The minimum absolute atomic E-state index is 0.0680. The molecule has 1 aliphatic heterocycles. The van der Waals surface area contributed by atoms with E-state index >= 15 is 0 Å². The zero-order valence-electron chi connectivity index (χ0n) is 17.4. The zero-order chi connectivity index (χ0) is 21.4. The molecule has 2 N–H and O–H groups in total. The highest BCUT2D eigenvalue weighted by Gasteiger charge is 2.24. The number of H-pyrrole nitrogens is 1. The Bertz CT molecular complexity index is 1350. The maximum absolute atomic E-state index is 12.6. The molecule has 0 fully saturated rings. The van der Waals surface area contributed by atoms with Crippen molar-refractivity contribution in [2.24, 2.45) is 0 Å². The summed E-state index contributed by atoms with van der Waals surface area (Å²) in [4.78, 5) is 16.6. The molecule has 1 aliphatic rings. The third kappa shape index (κ3) is 3.66. The maximum Gasteiger partial charge on any atom is 0.256 e. The van der Waals surface area contributed by atoms with E-state index in [1.54, 1.807) is 12.4 Å². The Morgan fingerprint density at radius 3 is 2.58 bits per heavy atom. The molecular weight excluding hydrogens is 384 g/mol. The largest absolute Gasteiger partial charge is 0.321 e. The van der Waals surface area contributed by atoms with Crippen LogP contribution in [0.2, 0.25) is 0 Å². The molecule has 0 aliphatic carbocycles. The lowest BCUT2D eigenvalue weighted by Gasteiger charge is -2.07. The highest BCUT2D eigenvalue weighted by Crippen LogP contribution is 2.35. The molecular formula is C26H22N4O. The predicted molar refractivity (Wildman–Crippen MR) is 126 cm³/mol. The summed E-state index contributed by atoms with van der Waals surface area (Å²) in [5, 5.41) is 11.5. The Morgan fingerprint density at radius 1 is 0.935 bits per heavy atom. The molecule has 0 saturated heterocycles. The van der Waals surface area contributed by atoms with Crippen molar-refractivity contribution in [3.05, 3.63) is 88.9 Å². The molecule has 4 aromatic rings. The molecule has 0 saturated carbocycles. The van der Waals surface area contributed by atoms with Crippen molar-refractivity contribution >= 4 is 46.3 Å². The van der Waals surface area contributed by atoms with Gasteiger partial charge in [0.15, 0.2) is 0 Å². The lowest BCUT2D eigenvalue weighted by molar-refractivity contribution is -0.110. The van der Waals surface area contributed by atoms with E-state index in [1.807, 2.05) is 54.6 Å². The SMILES string of the molecule is CC(C)c1ccc2c(c1)/C(=C\c1ccc3c(/C=C/c4ccncc4)n[nH]c3c1)C(=O)N2. The van der Waals surface area contributed by atoms with Crippen molar-refractivity contribution < 1.29 is 4.79 Å². The minimum Gasteiger partial charge on any atom is -0.321 e. The van der Waals surface area contributed by atoms with Gasteiger partial charge in [0.1, 0.15) is 0 Å². The van der Waals surface area contributed by atoms with Crippen LogP contribution in [0.1, 0.15) is 47.7 Å². The molecule has 0 unspecified atom stereocenters. The number of amides is 1. The number of benzene rings is 2. The zero-order valence-corrected chi connectivity index (χ0v) is 17.4. The van der Waals surface area contributed by atoms with Crippen LogP contribution in [-0.4, -0.2) is 21.1 Å². The normalized spacial score (nSPS) is 14.7. The Labute approximate surface area is 180 Å². The van der Waals surface area contributed by atoms with Gasteiger partial charge in [-0.1, -0.05) is 32.1 Å². The van der Waals surface area contributed by atoms with Crippen molar-refractivity contribution in [3.8, 4) is 0 Å². The highest BCUT2D eigenvalue weighted by atomic mass is 16.2. The van der Waals surface area contributed by atoms with Gasteiger partial charge >= 0.3 is 0 Å². The van der Waals surface area contributed by atoms with Crippen LogP contribution in [0.3, 0.4) is 0 Å². The molecule has 5 rings (SSSR count). The van der Waals surface area contributed by atoms with Gasteiger partial charge in [0, 0.05) is 34.6 Å². The molecule has 1 amide bonds. The number of nitrogens with one attached hydrogen (secondary N) is 2. The Kier molecular flexibility index (Phi) is 4.71. The first-order valence-corrected chi connectivity index (χ1v) is 10.3. The molecule has 31 heavy (non-hydrogen) atoms. The van der Waals surface area contributed by atoms with Gasteiger partial charge in [-0.2, -0.15) is 5.10 Å². The van der Waals surface area contributed by atoms with Gasteiger partial charge in [0.05, 0.1) is 11.2 Å². The quantitative estimate of drug-likeness (QED) is 0.424. The lowest BCUT2D eigenvalue weighted by atomic mass is 9.96. The second-order valence-corrected chi connectivity index (χ2v) is 8.00. The van der Waals surface area contributed by atoms with Crippen LogP contribution in [0.4, 0.5) is 5.69 Å². The molecule has 0 radical (unpaired) electrons. The summed E-state index contributed by atoms with van der Waals surface area (Å²) < 4.78 is 0. The summed E-state index contributed by atoms with van der Waals surface area (Å²) in [6.07, 6.45) is 9.48. The molecule has 5 nitrogen and oxygen atoms in total. The van der Waals surface area contributed by atoms with Gasteiger partial charge in [-0.15, -0.1) is 0 Å². The van der Waals surface area contributed by atoms with Crippen LogP contribution >= 0.6 is 0 Å². The number of aromatic amines is 1. The van der Waals surface area contributed by atoms with E-state index in [-0.39, 0.29) is 5.91 Å². The smallest absolute Gasteiger partial charge is 0.256 e. The third-order valence-electron chi connectivity index (χ3n) is 5.56. The molecule has 3 heterocycles. The van der Waals surface area contributed by atoms with Crippen molar-refractivity contribution in [3.63, 3.8) is 0 Å². The fourth-order valence-corrected chi connectivity index (χ4v) is 3.80. The number of nitrogens with zero attached hydrogens (tertiary/aromatic N) is 2. The predicted octanol–water partition coefficient (Wildman–Crippen LogP) is 5.74. The number of aromatic nitrogens is 3. The lowest BCUT2D eigenvalue weighted by Crippen LogP contribution is -2.03. The summed E-state index contributed by atoms with van der Waals surface area (Å²) in [6, 6.07) is 16.2. The van der Waals surface area contributed by atoms with E-state index in [9.17, 15) is 4.79 Å². The van der Waals surface area contributed by atoms with Gasteiger partial charge < -0.3 is 5.32 Å². The van der Waals surface area contributed by atoms with Crippen LogP contribution in [0, 0.1) is 0 Å². The van der Waals surface area contributed by atoms with E-state index in [4.69, 9.17) is 0 Å². The topological polar surface area (TPSA) is 70.7 Å².